The molecule has 2 aromatic carbocycles. The molecular weight excluding hydrogens is 408 g/mol. The van der Waals surface area contributed by atoms with Gasteiger partial charge in [0.1, 0.15) is 19.0 Å². The third kappa shape index (κ3) is 4.52. The van der Waals surface area contributed by atoms with Gasteiger partial charge in [0.15, 0.2) is 11.5 Å². The van der Waals surface area contributed by atoms with Gasteiger partial charge in [-0.1, -0.05) is 26.0 Å². The van der Waals surface area contributed by atoms with Crippen LogP contribution in [0, 0.1) is 11.3 Å². The van der Waals surface area contributed by atoms with Crippen molar-refractivity contribution in [3.05, 3.63) is 42.5 Å². The SMILES string of the molecule is CC(C)CCN1C(=O)C(C)(C)COc2cc(NC(=O)C3COc4ccccc4O3)ccc21. The fraction of sp³-hybridized carbons (Fsp3) is 0.440. The summed E-state index contributed by atoms with van der Waals surface area (Å²) in [4.78, 5) is 27.8. The fourth-order valence-corrected chi connectivity index (χ4v) is 3.71. The molecule has 7 heteroatoms. The minimum atomic E-state index is -0.757. The topological polar surface area (TPSA) is 77.1 Å². The van der Waals surface area contributed by atoms with Crippen LogP contribution in [0.5, 0.6) is 17.2 Å². The lowest BCUT2D eigenvalue weighted by Crippen LogP contribution is -2.42. The Bertz CT molecular complexity index is 1020. The summed E-state index contributed by atoms with van der Waals surface area (Å²) < 4.78 is 17.4. The van der Waals surface area contributed by atoms with Crippen LogP contribution in [-0.2, 0) is 9.59 Å². The average Bonchev–Trinajstić information content (AvgIpc) is 2.86. The van der Waals surface area contributed by atoms with Gasteiger partial charge < -0.3 is 24.4 Å². The zero-order valence-electron chi connectivity index (χ0n) is 19.0. The van der Waals surface area contributed by atoms with E-state index < -0.39 is 11.5 Å². The Morgan fingerprint density at radius 1 is 1.12 bits per heavy atom. The number of hydrogen-bond donors (Lipinski definition) is 1. The van der Waals surface area contributed by atoms with E-state index in [1.54, 1.807) is 24.3 Å². The van der Waals surface area contributed by atoms with Crippen LogP contribution < -0.4 is 24.4 Å². The van der Waals surface area contributed by atoms with Crippen LogP contribution in [0.25, 0.3) is 0 Å². The summed E-state index contributed by atoms with van der Waals surface area (Å²) in [5, 5.41) is 2.88. The third-order valence-corrected chi connectivity index (χ3v) is 5.66. The minimum Gasteiger partial charge on any atom is -0.490 e. The van der Waals surface area contributed by atoms with Gasteiger partial charge in [-0.3, -0.25) is 9.59 Å². The normalized spacial score (nSPS) is 19.1. The van der Waals surface area contributed by atoms with Crippen molar-refractivity contribution in [1.29, 1.82) is 0 Å². The number of hydrogen-bond acceptors (Lipinski definition) is 5. The maximum Gasteiger partial charge on any atom is 0.269 e. The van der Waals surface area contributed by atoms with Gasteiger partial charge in [-0.25, -0.2) is 0 Å². The van der Waals surface area contributed by atoms with E-state index in [0.29, 0.717) is 35.4 Å². The summed E-state index contributed by atoms with van der Waals surface area (Å²) in [6, 6.07) is 12.6. The van der Waals surface area contributed by atoms with Gasteiger partial charge in [0, 0.05) is 18.3 Å². The molecule has 0 radical (unpaired) electrons. The number of carbonyl (C=O) groups is 2. The Kier molecular flexibility index (Phi) is 6.00. The second-order valence-electron chi connectivity index (χ2n) is 9.35. The van der Waals surface area contributed by atoms with Crippen molar-refractivity contribution < 1.29 is 23.8 Å². The number of para-hydroxylation sites is 2. The third-order valence-electron chi connectivity index (χ3n) is 5.66. The Morgan fingerprint density at radius 3 is 2.62 bits per heavy atom. The maximum atomic E-state index is 13.2. The molecule has 1 atom stereocenters. The number of anilines is 2. The first-order chi connectivity index (χ1) is 15.2. The van der Waals surface area contributed by atoms with Crippen molar-refractivity contribution in [3.63, 3.8) is 0 Å². The standard InChI is InChI=1S/C25H30N2O5/c1-16(2)11-12-27-18-10-9-17(13-21(18)31-15-25(3,4)24(27)29)26-23(28)22-14-30-19-7-5-6-8-20(19)32-22/h5-10,13,16,22H,11-12,14-15H2,1-4H3,(H,26,28). The zero-order valence-corrected chi connectivity index (χ0v) is 19.0. The lowest BCUT2D eigenvalue weighted by molar-refractivity contribution is -0.127. The van der Waals surface area contributed by atoms with Crippen LogP contribution in [0.3, 0.4) is 0 Å². The van der Waals surface area contributed by atoms with Crippen molar-refractivity contribution in [2.75, 3.05) is 30.0 Å². The number of benzene rings is 2. The molecule has 2 heterocycles. The maximum absolute atomic E-state index is 13.2. The molecule has 1 unspecified atom stereocenters. The first kappa shape index (κ1) is 22.0. The Labute approximate surface area is 188 Å². The fourth-order valence-electron chi connectivity index (χ4n) is 3.71. The minimum absolute atomic E-state index is 0.0418. The molecule has 0 bridgehead atoms. The summed E-state index contributed by atoms with van der Waals surface area (Å²) in [5.74, 6) is 1.97. The highest BCUT2D eigenvalue weighted by atomic mass is 16.6. The van der Waals surface area contributed by atoms with Crippen LogP contribution in [0.1, 0.15) is 34.1 Å². The largest absolute Gasteiger partial charge is 0.490 e. The Balaban J connectivity index is 1.52. The number of nitrogens with one attached hydrogen (secondary N) is 1. The molecule has 32 heavy (non-hydrogen) atoms. The van der Waals surface area contributed by atoms with Crippen LogP contribution in [0.4, 0.5) is 11.4 Å². The van der Waals surface area contributed by atoms with Gasteiger partial charge in [0.25, 0.3) is 5.91 Å². The average molecular weight is 439 g/mol. The molecule has 0 saturated heterocycles. The van der Waals surface area contributed by atoms with E-state index in [9.17, 15) is 9.59 Å². The summed E-state index contributed by atoms with van der Waals surface area (Å²) in [6.45, 7) is 9.09. The molecule has 2 aliphatic heterocycles. The smallest absolute Gasteiger partial charge is 0.269 e. The molecule has 170 valence electrons. The van der Waals surface area contributed by atoms with Crippen LogP contribution in [0.15, 0.2) is 42.5 Å². The molecule has 2 aromatic rings. The molecule has 0 saturated carbocycles. The van der Waals surface area contributed by atoms with Crippen molar-refractivity contribution in [1.82, 2.24) is 0 Å². The number of ether oxygens (including phenoxy) is 3. The quantitative estimate of drug-likeness (QED) is 0.755. The molecule has 2 amide bonds. The first-order valence-corrected chi connectivity index (χ1v) is 11.0. The van der Waals surface area contributed by atoms with Crippen LogP contribution in [-0.4, -0.2) is 37.7 Å². The van der Waals surface area contributed by atoms with Gasteiger partial charge in [0.05, 0.1) is 11.1 Å². The Hall–Kier alpha value is -3.22. The van der Waals surface area contributed by atoms with Gasteiger partial charge >= 0.3 is 0 Å². The lowest BCUT2D eigenvalue weighted by Gasteiger charge is -2.28. The molecule has 2 aliphatic rings. The predicted molar refractivity (Wildman–Crippen MR) is 123 cm³/mol. The van der Waals surface area contributed by atoms with E-state index in [2.05, 4.69) is 19.2 Å². The Morgan fingerprint density at radius 2 is 1.88 bits per heavy atom. The molecule has 1 N–H and O–H groups in total. The highest BCUT2D eigenvalue weighted by molar-refractivity contribution is 6.00. The first-order valence-electron chi connectivity index (χ1n) is 11.0. The number of carbonyl (C=O) groups excluding carboxylic acids is 2. The van der Waals surface area contributed by atoms with Crippen molar-refractivity contribution >= 4 is 23.2 Å². The highest BCUT2D eigenvalue weighted by Crippen LogP contribution is 2.39. The number of amides is 2. The monoisotopic (exact) mass is 438 g/mol. The number of nitrogens with zero attached hydrogens (tertiary/aromatic N) is 1. The second-order valence-corrected chi connectivity index (χ2v) is 9.35. The van der Waals surface area contributed by atoms with E-state index in [4.69, 9.17) is 14.2 Å². The highest BCUT2D eigenvalue weighted by Gasteiger charge is 2.38. The van der Waals surface area contributed by atoms with Crippen LogP contribution in [0.2, 0.25) is 0 Å². The number of rotatable bonds is 5. The van der Waals surface area contributed by atoms with Crippen molar-refractivity contribution in [2.24, 2.45) is 11.3 Å². The molecule has 7 nitrogen and oxygen atoms in total. The summed E-state index contributed by atoms with van der Waals surface area (Å²) in [5.41, 5.74) is 0.664. The van der Waals surface area contributed by atoms with Crippen LogP contribution >= 0.6 is 0 Å². The summed E-state index contributed by atoms with van der Waals surface area (Å²) >= 11 is 0. The van der Waals surface area contributed by atoms with E-state index in [0.717, 1.165) is 12.1 Å². The molecule has 0 aliphatic carbocycles. The predicted octanol–water partition coefficient (Wildman–Crippen LogP) is 4.26. The van der Waals surface area contributed by atoms with Gasteiger partial charge in [-0.15, -0.1) is 0 Å². The van der Waals surface area contributed by atoms with Gasteiger partial charge in [0.2, 0.25) is 12.0 Å². The van der Waals surface area contributed by atoms with Crippen molar-refractivity contribution in [3.8, 4) is 17.2 Å². The summed E-state index contributed by atoms with van der Waals surface area (Å²) in [6.07, 6.45) is 0.132. The van der Waals surface area contributed by atoms with Gasteiger partial charge in [-0.2, -0.15) is 0 Å². The molecule has 0 spiro atoms. The van der Waals surface area contributed by atoms with Crippen molar-refractivity contribution in [2.45, 2.75) is 40.2 Å². The zero-order chi connectivity index (χ0) is 22.9. The molecule has 0 fully saturated rings. The lowest BCUT2D eigenvalue weighted by atomic mass is 9.92. The van der Waals surface area contributed by atoms with E-state index in [1.165, 1.54) is 0 Å². The summed E-state index contributed by atoms with van der Waals surface area (Å²) in [7, 11) is 0. The molecule has 0 aromatic heterocycles. The second kappa shape index (κ2) is 8.73. The van der Waals surface area contributed by atoms with E-state index >= 15 is 0 Å². The van der Waals surface area contributed by atoms with E-state index in [-0.39, 0.29) is 25.0 Å². The van der Waals surface area contributed by atoms with E-state index in [1.807, 2.05) is 36.9 Å². The molecular formula is C25H30N2O5. The van der Waals surface area contributed by atoms with Gasteiger partial charge in [-0.05, 0) is 50.5 Å². The number of fused-ring (bicyclic) bond motifs is 2. The molecule has 4 rings (SSSR count).